The molecule has 98 valence electrons. The number of carboxylic acids is 1. The summed E-state index contributed by atoms with van der Waals surface area (Å²) in [4.78, 5) is 21.1. The number of halogens is 1. The third kappa shape index (κ3) is 4.40. The van der Waals surface area contributed by atoms with Crippen molar-refractivity contribution >= 4 is 17.6 Å². The third-order valence-corrected chi connectivity index (χ3v) is 2.39. The quantitative estimate of drug-likeness (QED) is 0.644. The van der Waals surface area contributed by atoms with Crippen molar-refractivity contribution in [3.63, 3.8) is 0 Å². The molecule has 0 bridgehead atoms. The van der Waals surface area contributed by atoms with Gasteiger partial charge in [0.05, 0.1) is 5.69 Å². The highest BCUT2D eigenvalue weighted by Gasteiger charge is 2.06. The second-order valence-corrected chi connectivity index (χ2v) is 3.84. The van der Waals surface area contributed by atoms with Gasteiger partial charge in [0.25, 0.3) is 0 Å². The van der Waals surface area contributed by atoms with Crippen molar-refractivity contribution in [2.24, 2.45) is 5.73 Å². The van der Waals surface area contributed by atoms with Gasteiger partial charge in [0, 0.05) is 18.5 Å². The smallest absolute Gasteiger partial charge is 0.303 e. The number of unbranched alkanes of at least 4 members (excludes halogenated alkanes) is 1. The first-order valence-electron chi connectivity index (χ1n) is 5.55. The first-order valence-corrected chi connectivity index (χ1v) is 5.55. The molecule has 6 heteroatoms. The van der Waals surface area contributed by atoms with E-state index in [2.05, 4.69) is 5.32 Å². The van der Waals surface area contributed by atoms with Crippen LogP contribution in [0.5, 0.6) is 0 Å². The van der Waals surface area contributed by atoms with E-state index >= 15 is 0 Å². The summed E-state index contributed by atoms with van der Waals surface area (Å²) in [6.45, 7) is 0.472. The van der Waals surface area contributed by atoms with Crippen molar-refractivity contribution in [1.29, 1.82) is 0 Å². The normalized spacial score (nSPS) is 10.1. The molecule has 0 aromatic heterocycles. The maximum atomic E-state index is 13.5. The number of hydrogen-bond acceptors (Lipinski definition) is 3. The molecule has 0 atom stereocenters. The summed E-state index contributed by atoms with van der Waals surface area (Å²) < 4.78 is 13.5. The molecule has 0 aliphatic carbocycles. The lowest BCUT2D eigenvalue weighted by Gasteiger charge is -2.07. The second kappa shape index (κ2) is 6.58. The molecule has 0 fully saturated rings. The van der Waals surface area contributed by atoms with Gasteiger partial charge in [0.2, 0.25) is 5.91 Å². The summed E-state index contributed by atoms with van der Waals surface area (Å²) in [6.07, 6.45) is 1.26. The zero-order chi connectivity index (χ0) is 13.5. The van der Waals surface area contributed by atoms with Crippen molar-refractivity contribution in [2.75, 3.05) is 11.9 Å². The van der Waals surface area contributed by atoms with E-state index in [1.165, 1.54) is 12.1 Å². The largest absolute Gasteiger partial charge is 0.481 e. The van der Waals surface area contributed by atoms with E-state index in [0.717, 1.165) is 6.07 Å². The van der Waals surface area contributed by atoms with E-state index < -0.39 is 17.7 Å². The van der Waals surface area contributed by atoms with E-state index in [1.807, 2.05) is 0 Å². The van der Waals surface area contributed by atoms with Crippen LogP contribution in [-0.4, -0.2) is 23.5 Å². The lowest BCUT2D eigenvalue weighted by atomic mass is 10.2. The first kappa shape index (κ1) is 14.0. The van der Waals surface area contributed by atoms with Gasteiger partial charge >= 0.3 is 5.97 Å². The predicted octanol–water partition coefficient (Wildman–Crippen LogP) is 1.59. The Morgan fingerprint density at radius 2 is 2.06 bits per heavy atom. The highest BCUT2D eigenvalue weighted by atomic mass is 19.1. The summed E-state index contributed by atoms with van der Waals surface area (Å²) in [6, 6.07) is 3.94. The fourth-order valence-corrected chi connectivity index (χ4v) is 1.44. The molecule has 5 nitrogen and oxygen atoms in total. The van der Waals surface area contributed by atoms with Crippen LogP contribution in [0.3, 0.4) is 0 Å². The second-order valence-electron chi connectivity index (χ2n) is 3.84. The van der Waals surface area contributed by atoms with Crippen LogP contribution in [0.1, 0.15) is 29.6 Å². The van der Waals surface area contributed by atoms with Gasteiger partial charge in [-0.3, -0.25) is 9.59 Å². The molecule has 0 saturated heterocycles. The van der Waals surface area contributed by atoms with Gasteiger partial charge in [0.1, 0.15) is 5.82 Å². The standard InChI is InChI=1S/C12H15FN2O3/c13-9-7-8(12(14)18)4-5-10(9)15-6-2-1-3-11(16)17/h4-5,7,15H,1-3,6H2,(H2,14,18)(H,16,17). The van der Waals surface area contributed by atoms with E-state index in [-0.39, 0.29) is 17.7 Å². The van der Waals surface area contributed by atoms with E-state index in [1.54, 1.807) is 0 Å². The lowest BCUT2D eigenvalue weighted by Crippen LogP contribution is -2.12. The van der Waals surface area contributed by atoms with Crippen molar-refractivity contribution < 1.29 is 19.1 Å². The first-order chi connectivity index (χ1) is 8.50. The number of aliphatic carboxylic acids is 1. The number of nitrogens with two attached hydrogens (primary N) is 1. The number of anilines is 1. The third-order valence-electron chi connectivity index (χ3n) is 2.39. The van der Waals surface area contributed by atoms with Crippen molar-refractivity contribution in [1.82, 2.24) is 0 Å². The molecule has 0 saturated carbocycles. The average Bonchev–Trinajstić information content (AvgIpc) is 2.29. The Morgan fingerprint density at radius 3 is 2.61 bits per heavy atom. The average molecular weight is 254 g/mol. The molecule has 1 aromatic carbocycles. The van der Waals surface area contributed by atoms with Crippen LogP contribution in [0.15, 0.2) is 18.2 Å². The Hall–Kier alpha value is -2.11. The van der Waals surface area contributed by atoms with E-state index in [9.17, 15) is 14.0 Å². The van der Waals surface area contributed by atoms with Gasteiger partial charge in [-0.15, -0.1) is 0 Å². The van der Waals surface area contributed by atoms with Gasteiger partial charge < -0.3 is 16.2 Å². The Kier molecular flexibility index (Phi) is 5.10. The van der Waals surface area contributed by atoms with Crippen LogP contribution >= 0.6 is 0 Å². The van der Waals surface area contributed by atoms with Crippen LogP contribution in [0.2, 0.25) is 0 Å². The Morgan fingerprint density at radius 1 is 1.33 bits per heavy atom. The molecule has 0 heterocycles. The van der Waals surface area contributed by atoms with Crippen LogP contribution < -0.4 is 11.1 Å². The number of nitrogens with one attached hydrogen (secondary N) is 1. The van der Waals surface area contributed by atoms with Gasteiger partial charge in [0.15, 0.2) is 0 Å². The highest BCUT2D eigenvalue weighted by molar-refractivity contribution is 5.93. The van der Waals surface area contributed by atoms with E-state index in [0.29, 0.717) is 19.4 Å². The van der Waals surface area contributed by atoms with Gasteiger partial charge in [-0.1, -0.05) is 0 Å². The number of carboxylic acid groups (broad SMARTS) is 1. The predicted molar refractivity (Wildman–Crippen MR) is 64.9 cm³/mol. The van der Waals surface area contributed by atoms with Crippen LogP contribution in [-0.2, 0) is 4.79 Å². The molecule has 0 unspecified atom stereocenters. The maximum Gasteiger partial charge on any atom is 0.303 e. The summed E-state index contributed by atoms with van der Waals surface area (Å²) >= 11 is 0. The molecule has 0 aliphatic heterocycles. The number of primary amides is 1. The van der Waals surface area contributed by atoms with Gasteiger partial charge in [-0.25, -0.2) is 4.39 Å². The zero-order valence-corrected chi connectivity index (χ0v) is 9.78. The molecule has 0 aliphatic rings. The highest BCUT2D eigenvalue weighted by Crippen LogP contribution is 2.15. The zero-order valence-electron chi connectivity index (χ0n) is 9.78. The molecular weight excluding hydrogens is 239 g/mol. The monoisotopic (exact) mass is 254 g/mol. The topological polar surface area (TPSA) is 92.4 Å². The Balaban J connectivity index is 2.43. The van der Waals surface area contributed by atoms with Crippen LogP contribution in [0.4, 0.5) is 10.1 Å². The molecular formula is C12H15FN2O3. The van der Waals surface area contributed by atoms with Crippen molar-refractivity contribution in [3.8, 4) is 0 Å². The molecule has 0 spiro atoms. The SMILES string of the molecule is NC(=O)c1ccc(NCCCCC(=O)O)c(F)c1. The fourth-order valence-electron chi connectivity index (χ4n) is 1.44. The van der Waals surface area contributed by atoms with E-state index in [4.69, 9.17) is 10.8 Å². The number of hydrogen-bond donors (Lipinski definition) is 3. The van der Waals surface area contributed by atoms with Crippen molar-refractivity contribution in [2.45, 2.75) is 19.3 Å². The van der Waals surface area contributed by atoms with Crippen molar-refractivity contribution in [3.05, 3.63) is 29.6 Å². The Labute approximate surface area is 104 Å². The molecule has 18 heavy (non-hydrogen) atoms. The summed E-state index contributed by atoms with van der Waals surface area (Å²) in [5.41, 5.74) is 5.41. The minimum Gasteiger partial charge on any atom is -0.481 e. The maximum absolute atomic E-state index is 13.5. The number of rotatable bonds is 7. The summed E-state index contributed by atoms with van der Waals surface area (Å²) in [7, 11) is 0. The molecule has 1 rings (SSSR count). The number of benzene rings is 1. The molecule has 0 radical (unpaired) electrons. The minimum absolute atomic E-state index is 0.102. The fraction of sp³-hybridized carbons (Fsp3) is 0.333. The lowest BCUT2D eigenvalue weighted by molar-refractivity contribution is -0.137. The summed E-state index contributed by atoms with van der Waals surface area (Å²) in [5, 5.41) is 11.3. The number of carbonyl (C=O) groups excluding carboxylic acids is 1. The van der Waals surface area contributed by atoms with Crippen LogP contribution in [0.25, 0.3) is 0 Å². The minimum atomic E-state index is -0.841. The molecule has 1 aromatic rings. The summed E-state index contributed by atoms with van der Waals surface area (Å²) in [5.74, 6) is -2.07. The van der Waals surface area contributed by atoms with Gasteiger partial charge in [-0.05, 0) is 31.0 Å². The van der Waals surface area contributed by atoms with Crippen LogP contribution in [0, 0.1) is 5.82 Å². The molecule has 4 N–H and O–H groups in total. The van der Waals surface area contributed by atoms with Gasteiger partial charge in [-0.2, -0.15) is 0 Å². The number of amides is 1. The Bertz CT molecular complexity index is 449. The molecule has 1 amide bonds. The number of carbonyl (C=O) groups is 2.